The highest BCUT2D eigenvalue weighted by Gasteiger charge is 2.37. The molecule has 0 aliphatic carbocycles. The molecule has 0 N–H and O–H groups in total. The van der Waals surface area contributed by atoms with Crippen molar-refractivity contribution in [2.24, 2.45) is 0 Å². The van der Waals surface area contributed by atoms with E-state index in [0.29, 0.717) is 37.8 Å². The number of aromatic nitrogens is 1. The van der Waals surface area contributed by atoms with Crippen LogP contribution in [0.3, 0.4) is 0 Å². The Balaban J connectivity index is 1.69. The maximum Gasteiger partial charge on any atom is 0.276 e. The molecule has 25 heavy (non-hydrogen) atoms. The van der Waals surface area contributed by atoms with E-state index in [1.807, 2.05) is 4.90 Å². The number of amides is 2. The summed E-state index contributed by atoms with van der Waals surface area (Å²) in [6.07, 6.45) is 2.40. The molecule has 3 rings (SSSR count). The van der Waals surface area contributed by atoms with Gasteiger partial charge in [-0.25, -0.2) is 0 Å². The van der Waals surface area contributed by atoms with Crippen LogP contribution in [0.25, 0.3) is 0 Å². The zero-order chi connectivity index (χ0) is 17.8. The minimum Gasteiger partial charge on any atom is -0.381 e. The lowest BCUT2D eigenvalue weighted by Gasteiger charge is -2.38. The summed E-state index contributed by atoms with van der Waals surface area (Å²) < 4.78 is 15.5. The van der Waals surface area contributed by atoms with E-state index in [2.05, 4.69) is 5.16 Å². The second-order valence-corrected chi connectivity index (χ2v) is 6.59. The van der Waals surface area contributed by atoms with Crippen molar-refractivity contribution in [3.05, 3.63) is 17.5 Å². The fraction of sp³-hybridized carbons (Fsp3) is 0.706. The molecule has 2 fully saturated rings. The Hall–Kier alpha value is -1.93. The topological polar surface area (TPSA) is 85.1 Å². The SMILES string of the molecule is COCC(=O)N(C1CCOCC1)C1CCN(C(=O)c2cc(C)on2)C1. The molecule has 1 atom stereocenters. The minimum atomic E-state index is -0.148. The summed E-state index contributed by atoms with van der Waals surface area (Å²) >= 11 is 0. The van der Waals surface area contributed by atoms with Crippen molar-refractivity contribution in [1.82, 2.24) is 15.0 Å². The average molecular weight is 351 g/mol. The summed E-state index contributed by atoms with van der Waals surface area (Å²) in [4.78, 5) is 28.8. The van der Waals surface area contributed by atoms with Crippen LogP contribution in [0.4, 0.5) is 0 Å². The molecule has 2 aliphatic rings. The third-order valence-corrected chi connectivity index (χ3v) is 4.83. The van der Waals surface area contributed by atoms with E-state index in [1.165, 1.54) is 7.11 Å². The maximum atomic E-state index is 12.6. The van der Waals surface area contributed by atoms with Gasteiger partial charge in [-0.1, -0.05) is 5.16 Å². The van der Waals surface area contributed by atoms with Crippen LogP contribution in [0.2, 0.25) is 0 Å². The van der Waals surface area contributed by atoms with Gasteiger partial charge >= 0.3 is 0 Å². The number of hydrogen-bond acceptors (Lipinski definition) is 6. The van der Waals surface area contributed by atoms with Gasteiger partial charge in [0, 0.05) is 45.5 Å². The third kappa shape index (κ3) is 4.01. The summed E-state index contributed by atoms with van der Waals surface area (Å²) in [5.41, 5.74) is 0.319. The van der Waals surface area contributed by atoms with Crippen LogP contribution >= 0.6 is 0 Å². The van der Waals surface area contributed by atoms with Crippen molar-refractivity contribution in [3.63, 3.8) is 0 Å². The van der Waals surface area contributed by atoms with Gasteiger partial charge in [0.05, 0.1) is 6.04 Å². The number of methoxy groups -OCH3 is 1. The number of rotatable bonds is 5. The number of ether oxygens (including phenoxy) is 2. The fourth-order valence-electron chi connectivity index (χ4n) is 3.65. The molecule has 1 aromatic rings. The van der Waals surface area contributed by atoms with Crippen LogP contribution in [0.1, 0.15) is 35.5 Å². The summed E-state index contributed by atoms with van der Waals surface area (Å²) in [5.74, 6) is 0.439. The van der Waals surface area contributed by atoms with E-state index in [4.69, 9.17) is 14.0 Å². The van der Waals surface area contributed by atoms with E-state index in [-0.39, 0.29) is 30.5 Å². The summed E-state index contributed by atoms with van der Waals surface area (Å²) in [5, 5.41) is 3.80. The van der Waals surface area contributed by atoms with Crippen LogP contribution in [-0.4, -0.2) is 78.9 Å². The van der Waals surface area contributed by atoms with Crippen molar-refractivity contribution in [1.29, 1.82) is 0 Å². The second kappa shape index (κ2) is 7.97. The van der Waals surface area contributed by atoms with Crippen molar-refractivity contribution in [3.8, 4) is 0 Å². The van der Waals surface area contributed by atoms with Gasteiger partial charge < -0.3 is 23.8 Å². The zero-order valence-electron chi connectivity index (χ0n) is 14.8. The molecule has 1 unspecified atom stereocenters. The zero-order valence-corrected chi connectivity index (χ0v) is 14.8. The monoisotopic (exact) mass is 351 g/mol. The number of nitrogens with zero attached hydrogens (tertiary/aromatic N) is 3. The highest BCUT2D eigenvalue weighted by atomic mass is 16.5. The Kier molecular flexibility index (Phi) is 5.70. The van der Waals surface area contributed by atoms with Crippen molar-refractivity contribution in [2.75, 3.05) is 40.0 Å². The van der Waals surface area contributed by atoms with E-state index in [0.717, 1.165) is 19.3 Å². The van der Waals surface area contributed by atoms with Crippen LogP contribution < -0.4 is 0 Å². The highest BCUT2D eigenvalue weighted by molar-refractivity contribution is 5.92. The summed E-state index contributed by atoms with van der Waals surface area (Å²) in [6.45, 7) is 4.26. The molecule has 2 aliphatic heterocycles. The quantitative estimate of drug-likeness (QED) is 0.782. The lowest BCUT2D eigenvalue weighted by atomic mass is 10.0. The lowest BCUT2D eigenvalue weighted by Crippen LogP contribution is -2.51. The van der Waals surface area contributed by atoms with E-state index < -0.39 is 0 Å². The van der Waals surface area contributed by atoms with Crippen molar-refractivity contribution in [2.45, 2.75) is 38.3 Å². The van der Waals surface area contributed by atoms with E-state index in [1.54, 1.807) is 17.9 Å². The minimum absolute atomic E-state index is 0.00250. The predicted molar refractivity (Wildman–Crippen MR) is 88.1 cm³/mol. The third-order valence-electron chi connectivity index (χ3n) is 4.83. The molecule has 0 spiro atoms. The maximum absolute atomic E-state index is 12.6. The smallest absolute Gasteiger partial charge is 0.276 e. The molecule has 2 saturated heterocycles. The van der Waals surface area contributed by atoms with Crippen molar-refractivity contribution < 1.29 is 23.6 Å². The molecule has 0 bridgehead atoms. The van der Waals surface area contributed by atoms with Gasteiger partial charge in [-0.2, -0.15) is 0 Å². The normalized spacial score (nSPS) is 21.5. The molecule has 8 nitrogen and oxygen atoms in total. The van der Waals surface area contributed by atoms with Crippen LogP contribution in [0.15, 0.2) is 10.6 Å². The molecule has 0 aromatic carbocycles. The molecular weight excluding hydrogens is 326 g/mol. The van der Waals surface area contributed by atoms with Crippen LogP contribution in [0, 0.1) is 6.92 Å². The van der Waals surface area contributed by atoms with E-state index >= 15 is 0 Å². The molecule has 0 radical (unpaired) electrons. The van der Waals surface area contributed by atoms with Crippen LogP contribution in [-0.2, 0) is 14.3 Å². The Morgan fingerprint density at radius 2 is 2.08 bits per heavy atom. The number of aryl methyl sites for hydroxylation is 1. The molecular formula is C17H25N3O5. The van der Waals surface area contributed by atoms with Gasteiger partial charge in [-0.05, 0) is 26.2 Å². The van der Waals surface area contributed by atoms with Gasteiger partial charge in [-0.15, -0.1) is 0 Å². The highest BCUT2D eigenvalue weighted by Crippen LogP contribution is 2.24. The summed E-state index contributed by atoms with van der Waals surface area (Å²) in [6, 6.07) is 1.79. The Morgan fingerprint density at radius 1 is 1.32 bits per heavy atom. The summed E-state index contributed by atoms with van der Waals surface area (Å²) in [7, 11) is 1.53. The van der Waals surface area contributed by atoms with Crippen LogP contribution in [0.5, 0.6) is 0 Å². The molecule has 2 amide bonds. The molecule has 0 saturated carbocycles. The Morgan fingerprint density at radius 3 is 2.72 bits per heavy atom. The first-order valence-electron chi connectivity index (χ1n) is 8.70. The largest absolute Gasteiger partial charge is 0.381 e. The van der Waals surface area contributed by atoms with Gasteiger partial charge in [0.25, 0.3) is 5.91 Å². The van der Waals surface area contributed by atoms with Crippen molar-refractivity contribution >= 4 is 11.8 Å². The molecule has 1 aromatic heterocycles. The van der Waals surface area contributed by atoms with Gasteiger partial charge in [0.15, 0.2) is 5.69 Å². The number of carbonyl (C=O) groups is 2. The molecule has 138 valence electrons. The second-order valence-electron chi connectivity index (χ2n) is 6.59. The predicted octanol–water partition coefficient (Wildman–Crippen LogP) is 0.852. The number of carbonyl (C=O) groups excluding carboxylic acids is 2. The Labute approximate surface area is 147 Å². The Bertz CT molecular complexity index is 611. The average Bonchev–Trinajstić information content (AvgIpc) is 3.25. The first-order chi connectivity index (χ1) is 12.1. The first-order valence-corrected chi connectivity index (χ1v) is 8.70. The number of hydrogen-bond donors (Lipinski definition) is 0. The van der Waals surface area contributed by atoms with E-state index in [9.17, 15) is 9.59 Å². The number of likely N-dealkylation sites (tertiary alicyclic amines) is 1. The van der Waals surface area contributed by atoms with Gasteiger partial charge in [0.1, 0.15) is 12.4 Å². The lowest BCUT2D eigenvalue weighted by molar-refractivity contribution is -0.142. The first kappa shape index (κ1) is 17.9. The van der Waals surface area contributed by atoms with Gasteiger partial charge in [0.2, 0.25) is 5.91 Å². The standard InChI is InChI=1S/C17H25N3O5/c1-12-9-15(18-25-12)17(22)19-6-3-14(10-19)20(16(21)11-23-2)13-4-7-24-8-5-13/h9,13-14H,3-8,10-11H2,1-2H3. The fourth-order valence-corrected chi connectivity index (χ4v) is 3.65. The molecule has 3 heterocycles. The molecule has 8 heteroatoms. The van der Waals surface area contributed by atoms with Gasteiger partial charge in [-0.3, -0.25) is 9.59 Å².